The predicted octanol–water partition coefficient (Wildman–Crippen LogP) is 20.8. The summed E-state index contributed by atoms with van der Waals surface area (Å²) < 4.78 is 95.4. The fourth-order valence-electron chi connectivity index (χ4n) is 12.6. The Morgan fingerprint density at radius 1 is 0.427 bits per heavy atom. The first-order chi connectivity index (χ1) is 35.8. The van der Waals surface area contributed by atoms with Crippen LogP contribution >= 0.6 is 22.7 Å². The molecule has 0 aliphatic heterocycles. The van der Waals surface area contributed by atoms with Gasteiger partial charge in [-0.3, -0.25) is 0 Å². The number of para-hydroxylation sites is 1. The van der Waals surface area contributed by atoms with E-state index in [1.807, 2.05) is 24.3 Å². The molecule has 3 heterocycles. The molecule has 75 heavy (non-hydrogen) atoms. The fraction of sp³-hybridized carbons (Fsp3) is 0.182. The van der Waals surface area contributed by atoms with Crippen molar-refractivity contribution in [3.05, 3.63) is 209 Å². The van der Waals surface area contributed by atoms with Crippen LogP contribution in [-0.2, 0) is 29.6 Å². The summed E-state index contributed by atoms with van der Waals surface area (Å²) in [4.78, 5) is 0. The van der Waals surface area contributed by atoms with Crippen LogP contribution in [0.5, 0.6) is 0 Å². The van der Waals surface area contributed by atoms with E-state index in [0.29, 0.717) is 23.2 Å². The summed E-state index contributed by atoms with van der Waals surface area (Å²) in [5.74, 6) is -0.318. The average Bonchev–Trinajstić information content (AvgIpc) is 4.12. The summed E-state index contributed by atoms with van der Waals surface area (Å²) >= 11 is 3.46. The van der Waals surface area contributed by atoms with Gasteiger partial charge in [0.1, 0.15) is 0 Å². The standard InChI is InChI=1S/C66H49F6NS2/c1-63(2,3)59-53(36-23-27-39(28-24-36)65(67,68)69)62(73-48-20-12-9-17-42(48)44-32-34-52-57(61(44)73)46-19-11-14-22-50(46)75-52)54(37-25-29-40(30-26-37)66(70,71)72)60(64(4,5)6)58(59)47-35-38-15-7-8-16-41(38)43-31-33-51-56(55(43)47)45-18-10-13-21-49(45)74-51/h7-34,47H,35H2,1-6H3. The zero-order valence-corrected chi connectivity index (χ0v) is 43.6. The van der Waals surface area contributed by atoms with E-state index in [9.17, 15) is 26.3 Å². The topological polar surface area (TPSA) is 4.93 Å². The Morgan fingerprint density at radius 3 is 1.47 bits per heavy atom. The number of alkyl halides is 6. The van der Waals surface area contributed by atoms with Crippen molar-refractivity contribution in [1.29, 1.82) is 0 Å². The van der Waals surface area contributed by atoms with Crippen LogP contribution in [0.1, 0.15) is 86.4 Å². The largest absolute Gasteiger partial charge is 0.416 e. The Morgan fingerprint density at radius 2 is 0.907 bits per heavy atom. The lowest BCUT2D eigenvalue weighted by atomic mass is 9.63. The zero-order valence-electron chi connectivity index (χ0n) is 42.0. The molecule has 372 valence electrons. The van der Waals surface area contributed by atoms with Crippen LogP contribution in [0, 0.1) is 0 Å². The third-order valence-corrected chi connectivity index (χ3v) is 17.7. The molecule has 0 fully saturated rings. The maximum atomic E-state index is 14.8. The monoisotopic (exact) mass is 1030 g/mol. The van der Waals surface area contributed by atoms with Gasteiger partial charge in [-0.05, 0) is 122 Å². The molecule has 1 aliphatic rings. The van der Waals surface area contributed by atoms with Gasteiger partial charge in [-0.2, -0.15) is 26.3 Å². The van der Waals surface area contributed by atoms with E-state index in [2.05, 4.69) is 143 Å². The Hall–Kier alpha value is -7.20. The molecule has 0 N–H and O–H groups in total. The van der Waals surface area contributed by atoms with E-state index in [0.717, 1.165) is 101 Å². The summed E-state index contributed by atoms with van der Waals surface area (Å²) in [6, 6.07) is 53.6. The lowest BCUT2D eigenvalue weighted by Gasteiger charge is -2.42. The molecule has 1 nitrogen and oxygen atoms in total. The Labute approximate surface area is 438 Å². The number of thiophene rings is 2. The van der Waals surface area contributed by atoms with Gasteiger partial charge in [0, 0.05) is 68.2 Å². The van der Waals surface area contributed by atoms with Gasteiger partial charge in [0.25, 0.3) is 0 Å². The molecule has 0 spiro atoms. The lowest BCUT2D eigenvalue weighted by Crippen LogP contribution is -2.29. The van der Waals surface area contributed by atoms with Crippen LogP contribution in [0.4, 0.5) is 26.3 Å². The summed E-state index contributed by atoms with van der Waals surface area (Å²) in [6.07, 6.45) is -8.60. The van der Waals surface area contributed by atoms with Crippen LogP contribution in [-0.4, -0.2) is 4.57 Å². The number of halogens is 6. The molecule has 1 atom stereocenters. The predicted molar refractivity (Wildman–Crippen MR) is 302 cm³/mol. The number of fused-ring (bicyclic) bond motifs is 14. The molecule has 0 bridgehead atoms. The highest BCUT2D eigenvalue weighted by Crippen LogP contribution is 2.59. The highest BCUT2D eigenvalue weighted by molar-refractivity contribution is 7.26. The van der Waals surface area contributed by atoms with Gasteiger partial charge in [-0.1, -0.05) is 157 Å². The quantitative estimate of drug-likeness (QED) is 0.155. The Bertz CT molecular complexity index is 4210. The molecule has 13 rings (SSSR count). The number of hydrogen-bond donors (Lipinski definition) is 0. The Kier molecular flexibility index (Phi) is 10.5. The van der Waals surface area contributed by atoms with Gasteiger partial charge in [0.2, 0.25) is 0 Å². The van der Waals surface area contributed by atoms with Gasteiger partial charge < -0.3 is 4.57 Å². The number of benzene rings is 9. The van der Waals surface area contributed by atoms with Crippen molar-refractivity contribution in [2.75, 3.05) is 0 Å². The summed E-state index contributed by atoms with van der Waals surface area (Å²) in [7, 11) is 0. The average molecular weight is 1030 g/mol. The van der Waals surface area contributed by atoms with Gasteiger partial charge >= 0.3 is 12.4 Å². The first-order valence-electron chi connectivity index (χ1n) is 25.2. The lowest BCUT2D eigenvalue weighted by molar-refractivity contribution is -0.138. The van der Waals surface area contributed by atoms with E-state index in [1.54, 1.807) is 46.9 Å². The molecule has 0 saturated carbocycles. The Balaban J connectivity index is 1.32. The molecule has 9 heteroatoms. The minimum atomic E-state index is -4.60. The summed E-state index contributed by atoms with van der Waals surface area (Å²) in [5, 5.41) is 6.37. The second-order valence-electron chi connectivity index (χ2n) is 22.1. The summed E-state index contributed by atoms with van der Waals surface area (Å²) in [6.45, 7) is 13.2. The maximum Gasteiger partial charge on any atom is 0.416 e. The van der Waals surface area contributed by atoms with Gasteiger partial charge in [-0.25, -0.2) is 0 Å². The second kappa shape index (κ2) is 16.6. The SMILES string of the molecule is CC(C)(C)c1c(-c2ccc(C(F)(F)F)cc2)c(-n2c3ccccc3c3ccc4sc5ccccc5c4c32)c(-c2ccc(C(F)(F)F)cc2)c(C(C)(C)C)c1C1Cc2ccccc2-c2ccc3sc4ccccc4c3c21. The minimum Gasteiger partial charge on any atom is -0.307 e. The van der Waals surface area contributed by atoms with Crippen molar-refractivity contribution in [1.82, 2.24) is 4.57 Å². The van der Waals surface area contributed by atoms with Crippen molar-refractivity contribution in [3.8, 4) is 39.1 Å². The van der Waals surface area contributed by atoms with Crippen LogP contribution in [0.25, 0.3) is 101 Å². The number of aromatic nitrogens is 1. The summed E-state index contributed by atoms with van der Waals surface area (Å²) in [5.41, 5.74) is 9.76. The van der Waals surface area contributed by atoms with Crippen LogP contribution in [0.2, 0.25) is 0 Å². The molecule has 1 aliphatic carbocycles. The molecular formula is C66H49F6NS2. The molecular weight excluding hydrogens is 985 g/mol. The van der Waals surface area contributed by atoms with Crippen LogP contribution in [0.15, 0.2) is 170 Å². The van der Waals surface area contributed by atoms with Crippen molar-refractivity contribution < 1.29 is 26.3 Å². The molecule has 12 aromatic rings. The van der Waals surface area contributed by atoms with E-state index in [-0.39, 0.29) is 5.92 Å². The molecule has 1 unspecified atom stereocenters. The molecule has 0 radical (unpaired) electrons. The molecule has 3 aromatic heterocycles. The van der Waals surface area contributed by atoms with Crippen molar-refractivity contribution in [2.24, 2.45) is 0 Å². The first-order valence-corrected chi connectivity index (χ1v) is 26.9. The highest BCUT2D eigenvalue weighted by atomic mass is 32.1. The smallest absolute Gasteiger partial charge is 0.307 e. The normalized spacial score (nSPS) is 14.5. The first kappa shape index (κ1) is 47.5. The minimum absolute atomic E-state index is 0.318. The maximum absolute atomic E-state index is 14.8. The van der Waals surface area contributed by atoms with Crippen LogP contribution in [0.3, 0.4) is 0 Å². The fourth-order valence-corrected chi connectivity index (χ4v) is 14.8. The van der Waals surface area contributed by atoms with Crippen molar-refractivity contribution >= 4 is 84.8 Å². The molecule has 0 saturated heterocycles. The van der Waals surface area contributed by atoms with Gasteiger partial charge in [-0.15, -0.1) is 22.7 Å². The van der Waals surface area contributed by atoms with E-state index in [1.165, 1.54) is 35.4 Å². The van der Waals surface area contributed by atoms with Gasteiger partial charge in [0.05, 0.1) is 27.8 Å². The third kappa shape index (κ3) is 7.39. The van der Waals surface area contributed by atoms with Crippen molar-refractivity contribution in [3.63, 3.8) is 0 Å². The highest BCUT2D eigenvalue weighted by Gasteiger charge is 2.43. The third-order valence-electron chi connectivity index (χ3n) is 15.4. The second-order valence-corrected chi connectivity index (χ2v) is 24.3. The van der Waals surface area contributed by atoms with E-state index >= 15 is 0 Å². The molecule has 9 aromatic carbocycles. The zero-order chi connectivity index (χ0) is 52.1. The molecule has 0 amide bonds. The van der Waals surface area contributed by atoms with Crippen LogP contribution < -0.4 is 0 Å². The number of rotatable bonds is 4. The number of nitrogens with zero attached hydrogens (tertiary/aromatic N) is 1. The van der Waals surface area contributed by atoms with E-state index in [4.69, 9.17) is 0 Å². The van der Waals surface area contributed by atoms with Gasteiger partial charge in [0.15, 0.2) is 0 Å². The van der Waals surface area contributed by atoms with Crippen molar-refractivity contribution in [2.45, 2.75) is 77.1 Å². The van der Waals surface area contributed by atoms with E-state index < -0.39 is 34.3 Å². The number of hydrogen-bond acceptors (Lipinski definition) is 2.